The summed E-state index contributed by atoms with van der Waals surface area (Å²) in [5.74, 6) is 0.578. The molecule has 7 heteroatoms. The van der Waals surface area contributed by atoms with E-state index in [0.717, 1.165) is 30.0 Å². The molecule has 140 valence electrons. The molecule has 0 saturated carbocycles. The van der Waals surface area contributed by atoms with Crippen molar-refractivity contribution < 1.29 is 19.2 Å². The van der Waals surface area contributed by atoms with Crippen LogP contribution in [-0.2, 0) is 14.4 Å². The van der Waals surface area contributed by atoms with Crippen molar-refractivity contribution in [1.29, 1.82) is 0 Å². The maximum atomic E-state index is 11.9. The lowest BCUT2D eigenvalue weighted by atomic mass is 10.2. The normalized spacial score (nSPS) is 13.8. The highest BCUT2D eigenvalue weighted by Crippen LogP contribution is 2.23. The first-order valence-corrected chi connectivity index (χ1v) is 8.65. The Morgan fingerprint density at radius 1 is 1.19 bits per heavy atom. The Kier molecular flexibility index (Phi) is 6.04. The average molecular weight is 367 g/mol. The summed E-state index contributed by atoms with van der Waals surface area (Å²) in [4.78, 5) is 30.4. The number of ether oxygens (including phenoxy) is 1. The van der Waals surface area contributed by atoms with Gasteiger partial charge < -0.3 is 19.8 Å². The van der Waals surface area contributed by atoms with Gasteiger partial charge in [0.15, 0.2) is 6.61 Å². The van der Waals surface area contributed by atoms with E-state index in [2.05, 4.69) is 10.5 Å². The number of anilines is 2. The number of benzene rings is 2. The van der Waals surface area contributed by atoms with Crippen LogP contribution in [0, 0.1) is 0 Å². The molecule has 1 saturated heterocycles. The molecule has 27 heavy (non-hydrogen) atoms. The number of carbonyl (C=O) groups excluding carboxylic acids is 2. The van der Waals surface area contributed by atoms with Crippen molar-refractivity contribution >= 4 is 29.4 Å². The van der Waals surface area contributed by atoms with E-state index in [-0.39, 0.29) is 18.4 Å². The lowest BCUT2D eigenvalue weighted by Crippen LogP contribution is -2.23. The van der Waals surface area contributed by atoms with Gasteiger partial charge in [-0.15, -0.1) is 0 Å². The predicted octanol–water partition coefficient (Wildman–Crippen LogP) is 2.81. The molecule has 0 aromatic heterocycles. The molecule has 3 rings (SSSR count). The zero-order valence-electron chi connectivity index (χ0n) is 15.1. The second-order valence-electron chi connectivity index (χ2n) is 6.03. The van der Waals surface area contributed by atoms with Crippen molar-refractivity contribution in [2.24, 2.45) is 5.16 Å². The summed E-state index contributed by atoms with van der Waals surface area (Å²) in [6, 6.07) is 14.5. The van der Waals surface area contributed by atoms with Crippen LogP contribution >= 0.6 is 0 Å². The van der Waals surface area contributed by atoms with Crippen LogP contribution in [0.1, 0.15) is 18.4 Å². The molecular formula is C20H21N3O4. The zero-order chi connectivity index (χ0) is 19.1. The number of hydrogen-bond acceptors (Lipinski definition) is 5. The molecule has 1 fully saturated rings. The van der Waals surface area contributed by atoms with Crippen LogP contribution in [0.5, 0.6) is 5.75 Å². The minimum atomic E-state index is -0.313. The van der Waals surface area contributed by atoms with Gasteiger partial charge in [0.05, 0.1) is 13.3 Å². The number of rotatable bonds is 7. The molecule has 0 radical (unpaired) electrons. The number of carbonyl (C=O) groups is 2. The first-order valence-electron chi connectivity index (χ1n) is 8.65. The standard InChI is InChI=1S/C20H21N3O4/c1-26-18-10-4-15(5-11-18)13-21-27-14-19(24)22-16-6-8-17(9-7-16)23-12-2-3-20(23)25/h4-11,13H,2-3,12,14H2,1H3,(H,22,24)/b21-13-. The summed E-state index contributed by atoms with van der Waals surface area (Å²) in [5.41, 5.74) is 2.32. The third kappa shape index (κ3) is 5.07. The third-order valence-electron chi connectivity index (χ3n) is 4.12. The summed E-state index contributed by atoms with van der Waals surface area (Å²) >= 11 is 0. The molecule has 1 heterocycles. The number of hydrogen-bond donors (Lipinski definition) is 1. The molecule has 7 nitrogen and oxygen atoms in total. The van der Waals surface area contributed by atoms with Crippen LogP contribution < -0.4 is 15.0 Å². The Morgan fingerprint density at radius 3 is 2.56 bits per heavy atom. The van der Waals surface area contributed by atoms with Gasteiger partial charge in [-0.05, 0) is 60.5 Å². The fourth-order valence-electron chi connectivity index (χ4n) is 2.73. The summed E-state index contributed by atoms with van der Waals surface area (Å²) in [6.07, 6.45) is 2.99. The van der Waals surface area contributed by atoms with Crippen LogP contribution in [0.2, 0.25) is 0 Å². The summed E-state index contributed by atoms with van der Waals surface area (Å²) in [5, 5.41) is 6.51. The molecule has 1 N–H and O–H groups in total. The van der Waals surface area contributed by atoms with Gasteiger partial charge in [0, 0.05) is 24.3 Å². The molecule has 2 aromatic carbocycles. The number of oxime groups is 1. The van der Waals surface area contributed by atoms with Gasteiger partial charge in [-0.3, -0.25) is 9.59 Å². The molecule has 2 amide bonds. The number of methoxy groups -OCH3 is 1. The van der Waals surface area contributed by atoms with E-state index in [4.69, 9.17) is 9.57 Å². The van der Waals surface area contributed by atoms with Gasteiger partial charge in [0.1, 0.15) is 5.75 Å². The Morgan fingerprint density at radius 2 is 1.93 bits per heavy atom. The lowest BCUT2D eigenvalue weighted by molar-refractivity contribution is -0.120. The summed E-state index contributed by atoms with van der Waals surface area (Å²) in [7, 11) is 1.60. The van der Waals surface area contributed by atoms with Crippen molar-refractivity contribution in [3.8, 4) is 5.75 Å². The van der Waals surface area contributed by atoms with Gasteiger partial charge in [0.25, 0.3) is 5.91 Å². The van der Waals surface area contributed by atoms with E-state index >= 15 is 0 Å². The van der Waals surface area contributed by atoms with E-state index in [9.17, 15) is 9.59 Å². The SMILES string of the molecule is COc1ccc(/C=N\OCC(=O)Nc2ccc(N3CCCC3=O)cc2)cc1. The Bertz CT molecular complexity index is 816. The van der Waals surface area contributed by atoms with Crippen LogP contribution in [0.4, 0.5) is 11.4 Å². The molecule has 0 bridgehead atoms. The van der Waals surface area contributed by atoms with Crippen LogP contribution in [-0.4, -0.2) is 38.3 Å². The lowest BCUT2D eigenvalue weighted by Gasteiger charge is -2.16. The van der Waals surface area contributed by atoms with Crippen molar-refractivity contribution in [2.75, 3.05) is 30.5 Å². The van der Waals surface area contributed by atoms with Crippen molar-refractivity contribution in [2.45, 2.75) is 12.8 Å². The van der Waals surface area contributed by atoms with Crippen molar-refractivity contribution in [1.82, 2.24) is 0 Å². The van der Waals surface area contributed by atoms with Gasteiger partial charge >= 0.3 is 0 Å². The molecule has 0 atom stereocenters. The third-order valence-corrected chi connectivity index (χ3v) is 4.12. The van der Waals surface area contributed by atoms with E-state index in [1.807, 2.05) is 36.4 Å². The fourth-order valence-corrected chi connectivity index (χ4v) is 2.73. The molecular weight excluding hydrogens is 346 g/mol. The maximum absolute atomic E-state index is 11.9. The largest absolute Gasteiger partial charge is 0.497 e. The fraction of sp³-hybridized carbons (Fsp3) is 0.250. The quantitative estimate of drug-likeness (QED) is 0.603. The van der Waals surface area contributed by atoms with E-state index in [1.54, 1.807) is 24.1 Å². The molecule has 2 aromatic rings. The average Bonchev–Trinajstić information content (AvgIpc) is 3.12. The second kappa shape index (κ2) is 8.84. The van der Waals surface area contributed by atoms with E-state index in [0.29, 0.717) is 12.1 Å². The summed E-state index contributed by atoms with van der Waals surface area (Å²) < 4.78 is 5.08. The van der Waals surface area contributed by atoms with E-state index < -0.39 is 0 Å². The van der Waals surface area contributed by atoms with Gasteiger partial charge in [-0.2, -0.15) is 0 Å². The Balaban J connectivity index is 1.44. The highest BCUT2D eigenvalue weighted by Gasteiger charge is 2.21. The smallest absolute Gasteiger partial charge is 0.265 e. The number of nitrogens with zero attached hydrogens (tertiary/aromatic N) is 2. The van der Waals surface area contributed by atoms with Crippen molar-refractivity contribution in [3.05, 3.63) is 54.1 Å². The molecule has 1 aliphatic heterocycles. The number of nitrogens with one attached hydrogen (secondary N) is 1. The predicted molar refractivity (Wildman–Crippen MR) is 103 cm³/mol. The minimum Gasteiger partial charge on any atom is -0.497 e. The van der Waals surface area contributed by atoms with E-state index in [1.165, 1.54) is 6.21 Å². The van der Waals surface area contributed by atoms with Crippen molar-refractivity contribution in [3.63, 3.8) is 0 Å². The minimum absolute atomic E-state index is 0.134. The maximum Gasteiger partial charge on any atom is 0.265 e. The molecule has 0 unspecified atom stereocenters. The Hall–Kier alpha value is -3.35. The molecule has 0 spiro atoms. The zero-order valence-corrected chi connectivity index (χ0v) is 15.1. The summed E-state index contributed by atoms with van der Waals surface area (Å²) in [6.45, 7) is 0.545. The second-order valence-corrected chi connectivity index (χ2v) is 6.03. The highest BCUT2D eigenvalue weighted by atomic mass is 16.6. The highest BCUT2D eigenvalue weighted by molar-refractivity contribution is 5.96. The molecule has 1 aliphatic rings. The topological polar surface area (TPSA) is 80.2 Å². The van der Waals surface area contributed by atoms with Crippen LogP contribution in [0.15, 0.2) is 53.7 Å². The monoisotopic (exact) mass is 367 g/mol. The Labute approximate surface area is 157 Å². The number of amides is 2. The van der Waals surface area contributed by atoms with Crippen LogP contribution in [0.25, 0.3) is 0 Å². The first kappa shape index (κ1) is 18.4. The molecule has 0 aliphatic carbocycles. The van der Waals surface area contributed by atoms with Gasteiger partial charge in [-0.1, -0.05) is 5.16 Å². The van der Waals surface area contributed by atoms with Gasteiger partial charge in [-0.25, -0.2) is 0 Å². The first-order chi connectivity index (χ1) is 13.2. The van der Waals surface area contributed by atoms with Crippen LogP contribution in [0.3, 0.4) is 0 Å². The van der Waals surface area contributed by atoms with Gasteiger partial charge in [0.2, 0.25) is 5.91 Å².